The smallest absolute Gasteiger partial charge is 0.245 e. The molecule has 1 aliphatic heterocycles. The van der Waals surface area contributed by atoms with Crippen molar-refractivity contribution in [1.29, 1.82) is 0 Å². The summed E-state index contributed by atoms with van der Waals surface area (Å²) < 4.78 is 27.2. The van der Waals surface area contributed by atoms with E-state index in [0.717, 1.165) is 12.8 Å². The van der Waals surface area contributed by atoms with E-state index in [0.29, 0.717) is 24.8 Å². The molecule has 8 heteroatoms. The van der Waals surface area contributed by atoms with Crippen LogP contribution < -0.4 is 5.32 Å². The Morgan fingerprint density at radius 2 is 1.85 bits per heavy atom. The zero-order valence-corrected chi connectivity index (χ0v) is 16.7. The normalized spacial score (nSPS) is 21.3. The van der Waals surface area contributed by atoms with Crippen LogP contribution in [-0.2, 0) is 14.8 Å². The van der Waals surface area contributed by atoms with E-state index in [9.17, 15) is 13.2 Å². The number of likely N-dealkylation sites (tertiary alicyclic amines) is 1. The van der Waals surface area contributed by atoms with Gasteiger partial charge in [0.05, 0.1) is 6.04 Å². The summed E-state index contributed by atoms with van der Waals surface area (Å²) in [5.74, 6) is 0.786. The Morgan fingerprint density at radius 1 is 1.19 bits per heavy atom. The lowest BCUT2D eigenvalue weighted by molar-refractivity contribution is -0.128. The van der Waals surface area contributed by atoms with Crippen molar-refractivity contribution in [3.05, 3.63) is 18.3 Å². The summed E-state index contributed by atoms with van der Waals surface area (Å²) in [5, 5.41) is 3.26. The highest BCUT2D eigenvalue weighted by Crippen LogP contribution is 2.31. The number of hydrogen-bond acceptors (Lipinski definition) is 5. The molecule has 3 rings (SSSR count). The molecule has 7 nitrogen and oxygen atoms in total. The van der Waals surface area contributed by atoms with Gasteiger partial charge in [0.25, 0.3) is 0 Å². The van der Waals surface area contributed by atoms with Crippen LogP contribution in [-0.4, -0.2) is 59.2 Å². The minimum atomic E-state index is -3.58. The van der Waals surface area contributed by atoms with Crippen molar-refractivity contribution in [2.45, 2.75) is 76.0 Å². The molecule has 2 heterocycles. The van der Waals surface area contributed by atoms with Crippen molar-refractivity contribution in [1.82, 2.24) is 14.2 Å². The number of carbonyl (C=O) groups excluding carboxylic acids is 1. The molecule has 1 unspecified atom stereocenters. The van der Waals surface area contributed by atoms with Gasteiger partial charge in [-0.3, -0.25) is 4.79 Å². The number of nitrogens with zero attached hydrogens (tertiary/aromatic N) is 3. The lowest BCUT2D eigenvalue weighted by Gasteiger charge is -2.29. The van der Waals surface area contributed by atoms with Crippen molar-refractivity contribution < 1.29 is 13.2 Å². The lowest BCUT2D eigenvalue weighted by Crippen LogP contribution is -2.41. The molecule has 1 aliphatic carbocycles. The maximum absolute atomic E-state index is 12.9. The van der Waals surface area contributed by atoms with Crippen LogP contribution >= 0.6 is 0 Å². The third-order valence-corrected chi connectivity index (χ3v) is 7.06. The number of hydrogen-bond donors (Lipinski definition) is 1. The van der Waals surface area contributed by atoms with Crippen LogP contribution in [0.25, 0.3) is 0 Å². The van der Waals surface area contributed by atoms with E-state index in [1.165, 1.54) is 10.5 Å². The summed E-state index contributed by atoms with van der Waals surface area (Å²) in [7, 11) is -3.58. The Hall–Kier alpha value is -1.67. The number of sulfonamides is 1. The monoisotopic (exact) mass is 380 g/mol. The number of carbonyl (C=O) groups is 1. The third kappa shape index (κ3) is 3.86. The molecule has 1 atom stereocenters. The fraction of sp³-hybridized carbons (Fsp3) is 0.667. The highest BCUT2D eigenvalue weighted by Gasteiger charge is 2.39. The molecular weight excluding hydrogens is 352 g/mol. The van der Waals surface area contributed by atoms with Crippen LogP contribution in [0.5, 0.6) is 0 Å². The SMILES string of the molecule is CC(C)N(C(C)C)S(=O)(=O)c1ccc(NC2CC(=O)N(C3CC3)C2)nc1. The third-order valence-electron chi connectivity index (χ3n) is 4.83. The molecule has 144 valence electrons. The van der Waals surface area contributed by atoms with Gasteiger partial charge >= 0.3 is 0 Å². The van der Waals surface area contributed by atoms with Crippen molar-refractivity contribution in [3.63, 3.8) is 0 Å². The van der Waals surface area contributed by atoms with Crippen LogP contribution in [0.4, 0.5) is 5.82 Å². The van der Waals surface area contributed by atoms with Gasteiger partial charge in [0.2, 0.25) is 15.9 Å². The second kappa shape index (κ2) is 7.15. The maximum atomic E-state index is 12.9. The summed E-state index contributed by atoms with van der Waals surface area (Å²) in [6.07, 6.45) is 4.06. The summed E-state index contributed by atoms with van der Waals surface area (Å²) in [4.78, 5) is 18.4. The molecule has 0 spiro atoms. The molecule has 0 radical (unpaired) electrons. The topological polar surface area (TPSA) is 82.6 Å². The van der Waals surface area contributed by atoms with Crippen LogP contribution in [0, 0.1) is 0 Å². The Kier molecular flexibility index (Phi) is 5.25. The zero-order valence-electron chi connectivity index (χ0n) is 15.8. The number of rotatable bonds is 7. The highest BCUT2D eigenvalue weighted by molar-refractivity contribution is 7.89. The number of nitrogens with one attached hydrogen (secondary N) is 1. The largest absolute Gasteiger partial charge is 0.365 e. The second-order valence-corrected chi connectivity index (χ2v) is 9.57. The predicted octanol–water partition coefficient (Wildman–Crippen LogP) is 2.06. The molecule has 0 bridgehead atoms. The van der Waals surface area contributed by atoms with Gasteiger partial charge in [-0.05, 0) is 52.7 Å². The van der Waals surface area contributed by atoms with Gasteiger partial charge in [-0.25, -0.2) is 13.4 Å². The quantitative estimate of drug-likeness (QED) is 0.783. The maximum Gasteiger partial charge on any atom is 0.245 e. The summed E-state index contributed by atoms with van der Waals surface area (Å²) in [6.45, 7) is 8.15. The van der Waals surface area contributed by atoms with E-state index < -0.39 is 10.0 Å². The molecule has 1 aromatic rings. The van der Waals surface area contributed by atoms with E-state index >= 15 is 0 Å². The minimum absolute atomic E-state index is 0.0286. The predicted molar refractivity (Wildman–Crippen MR) is 100 cm³/mol. The van der Waals surface area contributed by atoms with Crippen molar-refractivity contribution in [3.8, 4) is 0 Å². The Balaban J connectivity index is 1.69. The second-order valence-electron chi connectivity index (χ2n) is 7.72. The molecule has 1 amide bonds. The van der Waals surface area contributed by atoms with E-state index in [1.54, 1.807) is 12.1 Å². The standard InChI is InChI=1S/C18H28N4O3S/c1-12(2)22(13(3)4)26(24,25)16-7-8-17(19-10-16)20-14-9-18(23)21(11-14)15-5-6-15/h7-8,10,12-15H,5-6,9,11H2,1-4H3,(H,19,20). The average molecular weight is 381 g/mol. The fourth-order valence-corrected chi connectivity index (χ4v) is 5.45. The van der Waals surface area contributed by atoms with Crippen molar-refractivity contribution in [2.24, 2.45) is 0 Å². The molecule has 2 fully saturated rings. The molecule has 0 aromatic carbocycles. The van der Waals surface area contributed by atoms with E-state index in [-0.39, 0.29) is 28.9 Å². The molecule has 1 saturated carbocycles. The van der Waals surface area contributed by atoms with Crippen LogP contribution in [0.2, 0.25) is 0 Å². The molecular formula is C18H28N4O3S. The first-order valence-corrected chi connectivity index (χ1v) is 10.7. The Labute approximate surface area is 155 Å². The first-order chi connectivity index (χ1) is 12.2. The highest BCUT2D eigenvalue weighted by atomic mass is 32.2. The average Bonchev–Trinajstić information content (AvgIpc) is 3.30. The summed E-state index contributed by atoms with van der Waals surface area (Å²) >= 11 is 0. The first-order valence-electron chi connectivity index (χ1n) is 9.25. The lowest BCUT2D eigenvalue weighted by atomic mass is 10.2. The molecule has 26 heavy (non-hydrogen) atoms. The van der Waals surface area contributed by atoms with Gasteiger partial charge < -0.3 is 10.2 Å². The van der Waals surface area contributed by atoms with Crippen LogP contribution in [0.1, 0.15) is 47.0 Å². The van der Waals surface area contributed by atoms with Crippen LogP contribution in [0.3, 0.4) is 0 Å². The minimum Gasteiger partial charge on any atom is -0.365 e. The molecule has 1 saturated heterocycles. The van der Waals surface area contributed by atoms with Crippen molar-refractivity contribution in [2.75, 3.05) is 11.9 Å². The zero-order chi connectivity index (χ0) is 19.1. The molecule has 2 aliphatic rings. The number of amides is 1. The Morgan fingerprint density at radius 3 is 2.35 bits per heavy atom. The first kappa shape index (κ1) is 19.1. The Bertz CT molecular complexity index is 749. The van der Waals surface area contributed by atoms with Gasteiger partial charge in [0, 0.05) is 37.3 Å². The number of pyridine rings is 1. The van der Waals surface area contributed by atoms with Gasteiger partial charge in [0.1, 0.15) is 10.7 Å². The van der Waals surface area contributed by atoms with Gasteiger partial charge in [0.15, 0.2) is 0 Å². The van der Waals surface area contributed by atoms with Gasteiger partial charge in [-0.2, -0.15) is 4.31 Å². The summed E-state index contributed by atoms with van der Waals surface area (Å²) in [6, 6.07) is 3.45. The number of aromatic nitrogens is 1. The van der Waals surface area contributed by atoms with Crippen LogP contribution in [0.15, 0.2) is 23.2 Å². The molecule has 1 N–H and O–H groups in total. The van der Waals surface area contributed by atoms with E-state index in [2.05, 4.69) is 10.3 Å². The summed E-state index contributed by atoms with van der Waals surface area (Å²) in [5.41, 5.74) is 0. The van der Waals surface area contributed by atoms with E-state index in [1.807, 2.05) is 32.6 Å². The molecule has 1 aromatic heterocycles. The van der Waals surface area contributed by atoms with E-state index in [4.69, 9.17) is 0 Å². The fourth-order valence-electron chi connectivity index (χ4n) is 3.67. The van der Waals surface area contributed by atoms with Crippen molar-refractivity contribution >= 4 is 21.7 Å². The van der Waals surface area contributed by atoms with Gasteiger partial charge in [-0.15, -0.1) is 0 Å². The van der Waals surface area contributed by atoms with Gasteiger partial charge in [-0.1, -0.05) is 0 Å². The number of anilines is 1.